The van der Waals surface area contributed by atoms with E-state index >= 15 is 0 Å². The minimum atomic E-state index is -3.43. The second-order valence-corrected chi connectivity index (χ2v) is 4.92. The Balaban J connectivity index is 5.05. The Morgan fingerprint density at radius 3 is 2.13 bits per heavy atom. The van der Waals surface area contributed by atoms with Gasteiger partial charge in [-0.25, -0.2) is 0 Å². The van der Waals surface area contributed by atoms with Gasteiger partial charge in [0.2, 0.25) is 0 Å². The Kier molecular flexibility index (Phi) is 6.26. The highest BCUT2D eigenvalue weighted by molar-refractivity contribution is 7.58. The van der Waals surface area contributed by atoms with Crippen LogP contribution in [0, 0.1) is 11.3 Å². The summed E-state index contributed by atoms with van der Waals surface area (Å²) >= 11 is 0. The number of hydrogen-bond acceptors (Lipinski definition) is 5. The maximum Gasteiger partial charge on any atom is 0.373 e. The lowest BCUT2D eigenvalue weighted by Gasteiger charge is -2.17. The molecule has 0 N–H and O–H groups in total. The van der Waals surface area contributed by atoms with Crippen LogP contribution in [0.2, 0.25) is 0 Å². The van der Waals surface area contributed by atoms with Crippen molar-refractivity contribution >= 4 is 7.60 Å². The Morgan fingerprint density at radius 1 is 1.40 bits per heavy atom. The van der Waals surface area contributed by atoms with Crippen LogP contribution in [-0.4, -0.2) is 32.2 Å². The topological polar surface area (TPSA) is 62.6 Å². The van der Waals surface area contributed by atoms with E-state index in [1.54, 1.807) is 32.8 Å². The smallest absolute Gasteiger partial charge is 0.373 e. The van der Waals surface area contributed by atoms with E-state index < -0.39 is 7.60 Å². The number of allylic oxidation sites excluding steroid dienone is 1. The number of nitriles is 1. The molecule has 0 rings (SSSR count). The van der Waals surface area contributed by atoms with Crippen LogP contribution in [0.25, 0.3) is 0 Å². The van der Waals surface area contributed by atoms with Gasteiger partial charge in [0.15, 0.2) is 5.31 Å². The Morgan fingerprint density at radius 2 is 1.87 bits per heavy atom. The molecule has 86 valence electrons. The second kappa shape index (κ2) is 6.62. The normalized spacial score (nSPS) is 12.3. The fraction of sp³-hybridized carbons (Fsp3) is 0.667. The third-order valence-electron chi connectivity index (χ3n) is 1.39. The lowest BCUT2D eigenvalue weighted by Crippen LogP contribution is -2.05. The lowest BCUT2D eigenvalue weighted by atomic mass is 10.6. The van der Waals surface area contributed by atoms with Crippen molar-refractivity contribution in [2.75, 3.05) is 27.3 Å². The van der Waals surface area contributed by atoms with Gasteiger partial charge in [0, 0.05) is 20.3 Å². The highest BCUT2D eigenvalue weighted by Crippen LogP contribution is 2.55. The van der Waals surface area contributed by atoms with Crippen molar-refractivity contribution in [1.82, 2.24) is 4.90 Å². The van der Waals surface area contributed by atoms with Crippen LogP contribution < -0.4 is 0 Å². The second-order valence-electron chi connectivity index (χ2n) is 2.92. The van der Waals surface area contributed by atoms with E-state index in [-0.39, 0.29) is 18.5 Å². The Hall–Kier alpha value is -0.820. The predicted octanol–water partition coefficient (Wildman–Crippen LogP) is 2.18. The van der Waals surface area contributed by atoms with Gasteiger partial charge in [0.25, 0.3) is 0 Å². The summed E-state index contributed by atoms with van der Waals surface area (Å²) in [6.07, 6.45) is 1.45. The third kappa shape index (κ3) is 4.48. The van der Waals surface area contributed by atoms with Crippen LogP contribution >= 0.6 is 7.60 Å². The Labute approximate surface area is 90.8 Å². The van der Waals surface area contributed by atoms with Gasteiger partial charge >= 0.3 is 7.60 Å². The van der Waals surface area contributed by atoms with Crippen LogP contribution in [-0.2, 0) is 13.6 Å². The molecule has 0 aromatic carbocycles. The highest BCUT2D eigenvalue weighted by atomic mass is 31.2. The van der Waals surface area contributed by atoms with Gasteiger partial charge in [-0.2, -0.15) is 5.26 Å². The van der Waals surface area contributed by atoms with Crippen LogP contribution in [0.15, 0.2) is 11.5 Å². The first-order valence-electron chi connectivity index (χ1n) is 4.68. The highest BCUT2D eigenvalue weighted by Gasteiger charge is 2.30. The molecular formula is C9H17N2O3P. The molecule has 15 heavy (non-hydrogen) atoms. The molecule has 0 saturated heterocycles. The molecule has 0 aliphatic heterocycles. The summed E-state index contributed by atoms with van der Waals surface area (Å²) in [6, 6.07) is 1.85. The van der Waals surface area contributed by atoms with Crippen molar-refractivity contribution in [2.45, 2.75) is 13.8 Å². The van der Waals surface area contributed by atoms with Gasteiger partial charge in [-0.15, -0.1) is 0 Å². The molecule has 0 aliphatic carbocycles. The molecular weight excluding hydrogens is 215 g/mol. The van der Waals surface area contributed by atoms with Gasteiger partial charge in [0.05, 0.1) is 13.2 Å². The molecule has 0 aromatic heterocycles. The van der Waals surface area contributed by atoms with E-state index in [2.05, 4.69) is 0 Å². The average Bonchev–Trinajstić information content (AvgIpc) is 2.14. The van der Waals surface area contributed by atoms with E-state index in [1.165, 1.54) is 6.20 Å². The summed E-state index contributed by atoms with van der Waals surface area (Å²) in [5.41, 5.74) is 0. The van der Waals surface area contributed by atoms with E-state index in [0.717, 1.165) is 0 Å². The molecule has 0 atom stereocenters. The summed E-state index contributed by atoms with van der Waals surface area (Å²) in [5, 5.41) is 8.91. The summed E-state index contributed by atoms with van der Waals surface area (Å²) in [6.45, 7) is 3.89. The van der Waals surface area contributed by atoms with Crippen LogP contribution in [0.4, 0.5) is 0 Å². The van der Waals surface area contributed by atoms with Crippen LogP contribution in [0.3, 0.4) is 0 Å². The van der Waals surface area contributed by atoms with Crippen molar-refractivity contribution < 1.29 is 13.6 Å². The number of nitrogens with zero attached hydrogens (tertiary/aromatic N) is 2. The molecule has 0 aliphatic rings. The van der Waals surface area contributed by atoms with Crippen molar-refractivity contribution in [1.29, 1.82) is 5.26 Å². The van der Waals surface area contributed by atoms with E-state index in [9.17, 15) is 4.57 Å². The standard InChI is InChI=1S/C9H17N2O3P/c1-5-13-15(12,14-6-2)9(7-10)8-11(3)4/h8H,5-6H2,1-4H3. The maximum atomic E-state index is 12.1. The zero-order chi connectivity index (χ0) is 11.9. The molecule has 0 unspecified atom stereocenters. The predicted molar refractivity (Wildman–Crippen MR) is 58.2 cm³/mol. The van der Waals surface area contributed by atoms with Crippen molar-refractivity contribution in [3.63, 3.8) is 0 Å². The van der Waals surface area contributed by atoms with Gasteiger partial charge in [-0.1, -0.05) is 0 Å². The minimum Gasteiger partial charge on any atom is -0.382 e. The molecule has 0 radical (unpaired) electrons. The van der Waals surface area contributed by atoms with Crippen LogP contribution in [0.1, 0.15) is 13.8 Å². The molecule has 0 fully saturated rings. The van der Waals surface area contributed by atoms with Gasteiger partial charge in [-0.05, 0) is 13.8 Å². The molecule has 5 nitrogen and oxygen atoms in total. The molecule has 0 saturated carbocycles. The molecule has 0 bridgehead atoms. The first-order valence-corrected chi connectivity index (χ1v) is 6.22. The van der Waals surface area contributed by atoms with E-state index in [4.69, 9.17) is 14.3 Å². The van der Waals surface area contributed by atoms with Gasteiger partial charge in [0.1, 0.15) is 6.07 Å². The molecule has 0 aromatic rings. The van der Waals surface area contributed by atoms with Crippen molar-refractivity contribution in [3.05, 3.63) is 11.5 Å². The average molecular weight is 232 g/mol. The zero-order valence-electron chi connectivity index (χ0n) is 9.56. The SMILES string of the molecule is CCOP(=O)(OCC)C(C#N)=CN(C)C. The largest absolute Gasteiger partial charge is 0.382 e. The summed E-state index contributed by atoms with van der Waals surface area (Å²) < 4.78 is 22.2. The summed E-state index contributed by atoms with van der Waals surface area (Å²) in [5.74, 6) is 0. The van der Waals surface area contributed by atoms with Gasteiger partial charge in [-0.3, -0.25) is 4.57 Å². The fourth-order valence-electron chi connectivity index (χ4n) is 0.922. The summed E-state index contributed by atoms with van der Waals surface area (Å²) in [4.78, 5) is 1.63. The molecule has 6 heteroatoms. The zero-order valence-corrected chi connectivity index (χ0v) is 10.5. The first-order chi connectivity index (χ1) is 7.00. The minimum absolute atomic E-state index is 0.0243. The number of hydrogen-bond donors (Lipinski definition) is 0. The first kappa shape index (κ1) is 14.2. The van der Waals surface area contributed by atoms with E-state index in [0.29, 0.717) is 0 Å². The maximum absolute atomic E-state index is 12.1. The monoisotopic (exact) mass is 232 g/mol. The number of rotatable bonds is 6. The fourth-order valence-corrected chi connectivity index (χ4v) is 2.45. The Bertz CT molecular complexity index is 297. The van der Waals surface area contributed by atoms with Gasteiger partial charge < -0.3 is 13.9 Å². The van der Waals surface area contributed by atoms with Crippen LogP contribution in [0.5, 0.6) is 0 Å². The molecule has 0 spiro atoms. The van der Waals surface area contributed by atoms with Crippen molar-refractivity contribution in [3.8, 4) is 6.07 Å². The molecule has 0 heterocycles. The third-order valence-corrected chi connectivity index (χ3v) is 3.39. The summed E-state index contributed by atoms with van der Waals surface area (Å²) in [7, 11) is 0.0463. The van der Waals surface area contributed by atoms with E-state index in [1.807, 2.05) is 6.07 Å². The quantitative estimate of drug-likeness (QED) is 0.518. The lowest BCUT2D eigenvalue weighted by molar-refractivity contribution is 0.227. The van der Waals surface area contributed by atoms with Crippen molar-refractivity contribution in [2.24, 2.45) is 0 Å². The molecule has 0 amide bonds.